The molecule has 1 aliphatic rings. The summed E-state index contributed by atoms with van der Waals surface area (Å²) in [4.78, 5) is 11.6. The number of fused-ring (bicyclic) bond motifs is 1. The number of anilines is 1. The molecule has 1 saturated heterocycles. The summed E-state index contributed by atoms with van der Waals surface area (Å²) in [5, 5.41) is 4.66. The second-order valence-electron chi connectivity index (χ2n) is 6.25. The fraction of sp³-hybridized carbons (Fsp3) is 0.529. The Morgan fingerprint density at radius 3 is 3.05 bits per heavy atom. The van der Waals surface area contributed by atoms with Crippen molar-refractivity contribution in [1.29, 1.82) is 0 Å². The van der Waals surface area contributed by atoms with E-state index in [1.54, 1.807) is 0 Å². The molecule has 112 valence electrons. The first kappa shape index (κ1) is 14.3. The third-order valence-corrected chi connectivity index (χ3v) is 4.09. The lowest BCUT2D eigenvalue weighted by atomic mass is 9.98. The van der Waals surface area contributed by atoms with E-state index >= 15 is 0 Å². The first-order valence-electron chi connectivity index (χ1n) is 7.92. The van der Waals surface area contributed by atoms with E-state index in [2.05, 4.69) is 41.2 Å². The van der Waals surface area contributed by atoms with Gasteiger partial charge in [-0.2, -0.15) is 0 Å². The molecule has 1 N–H and O–H groups in total. The van der Waals surface area contributed by atoms with Gasteiger partial charge in [-0.1, -0.05) is 32.0 Å². The molecule has 2 aromatic rings. The average molecular weight is 284 g/mol. The Kier molecular flexibility index (Phi) is 4.34. The van der Waals surface area contributed by atoms with Gasteiger partial charge in [-0.15, -0.1) is 0 Å². The molecule has 1 aromatic carbocycles. The van der Waals surface area contributed by atoms with E-state index in [-0.39, 0.29) is 0 Å². The van der Waals surface area contributed by atoms with Gasteiger partial charge in [0.15, 0.2) is 0 Å². The molecule has 0 radical (unpaired) electrons. The number of para-hydroxylation sites is 1. The van der Waals surface area contributed by atoms with Crippen LogP contribution in [-0.2, 0) is 0 Å². The molecule has 0 aliphatic carbocycles. The van der Waals surface area contributed by atoms with Gasteiger partial charge in [0.1, 0.15) is 0 Å². The van der Waals surface area contributed by atoms with Gasteiger partial charge < -0.3 is 10.2 Å². The molecule has 21 heavy (non-hydrogen) atoms. The summed E-state index contributed by atoms with van der Waals surface area (Å²) in [5.41, 5.74) is 1.03. The van der Waals surface area contributed by atoms with Crippen LogP contribution in [0.15, 0.2) is 30.5 Å². The van der Waals surface area contributed by atoms with Crippen molar-refractivity contribution in [1.82, 2.24) is 15.3 Å². The topological polar surface area (TPSA) is 41.0 Å². The smallest absolute Gasteiger partial charge is 0.225 e. The largest absolute Gasteiger partial charge is 0.340 e. The molecule has 1 fully saturated rings. The van der Waals surface area contributed by atoms with Gasteiger partial charge in [0, 0.05) is 30.7 Å². The number of nitrogens with zero attached hydrogens (tertiary/aromatic N) is 3. The van der Waals surface area contributed by atoms with Crippen LogP contribution in [0.1, 0.15) is 26.7 Å². The van der Waals surface area contributed by atoms with Gasteiger partial charge in [-0.25, -0.2) is 9.97 Å². The Morgan fingerprint density at radius 2 is 2.19 bits per heavy atom. The van der Waals surface area contributed by atoms with E-state index in [9.17, 15) is 0 Å². The highest BCUT2D eigenvalue weighted by atomic mass is 15.3. The van der Waals surface area contributed by atoms with Crippen LogP contribution >= 0.6 is 0 Å². The maximum absolute atomic E-state index is 4.72. The minimum absolute atomic E-state index is 0.553. The van der Waals surface area contributed by atoms with Gasteiger partial charge in [-0.05, 0) is 31.4 Å². The number of piperidine rings is 1. The number of nitrogens with one attached hydrogen (secondary N) is 1. The zero-order valence-corrected chi connectivity index (χ0v) is 12.9. The average Bonchev–Trinajstić information content (AvgIpc) is 2.53. The lowest BCUT2D eigenvalue weighted by Crippen LogP contribution is -2.41. The summed E-state index contributed by atoms with van der Waals surface area (Å²) in [6, 6.07) is 8.73. The number of hydrogen-bond donors (Lipinski definition) is 1. The van der Waals surface area contributed by atoms with E-state index in [4.69, 9.17) is 4.98 Å². The van der Waals surface area contributed by atoms with Crippen LogP contribution in [0.25, 0.3) is 10.9 Å². The minimum Gasteiger partial charge on any atom is -0.340 e. The Labute approximate surface area is 126 Å². The molecular formula is C17H24N4. The molecule has 2 heterocycles. The van der Waals surface area contributed by atoms with Crippen molar-refractivity contribution < 1.29 is 0 Å². The molecule has 0 amide bonds. The van der Waals surface area contributed by atoms with Gasteiger partial charge in [-0.3, -0.25) is 0 Å². The summed E-state index contributed by atoms with van der Waals surface area (Å²) in [6.07, 6.45) is 4.46. The fourth-order valence-electron chi connectivity index (χ4n) is 2.93. The molecule has 3 rings (SSSR count). The summed E-state index contributed by atoms with van der Waals surface area (Å²) >= 11 is 0. The van der Waals surface area contributed by atoms with Crippen molar-refractivity contribution in [2.75, 3.05) is 24.5 Å². The van der Waals surface area contributed by atoms with Gasteiger partial charge in [0.2, 0.25) is 5.95 Å². The number of hydrogen-bond acceptors (Lipinski definition) is 4. The molecule has 0 spiro atoms. The molecule has 1 aromatic heterocycles. The molecular weight excluding hydrogens is 260 g/mol. The third kappa shape index (κ3) is 3.50. The Balaban J connectivity index is 1.72. The maximum Gasteiger partial charge on any atom is 0.225 e. The highest BCUT2D eigenvalue weighted by Gasteiger charge is 2.21. The summed E-state index contributed by atoms with van der Waals surface area (Å²) in [7, 11) is 0. The summed E-state index contributed by atoms with van der Waals surface area (Å²) in [6.45, 7) is 7.61. The normalized spacial score (nSPS) is 19.4. The standard InChI is InChI=1S/C17H24N4/c1-13(2)18-10-14-6-5-9-21(12-14)17-19-11-15-7-3-4-8-16(15)20-17/h3-4,7-8,11,13-14,18H,5-6,9-10,12H2,1-2H3. The van der Waals surface area contributed by atoms with Crippen molar-refractivity contribution in [3.63, 3.8) is 0 Å². The van der Waals surface area contributed by atoms with E-state index < -0.39 is 0 Å². The van der Waals surface area contributed by atoms with Crippen LogP contribution in [0.2, 0.25) is 0 Å². The minimum atomic E-state index is 0.553. The van der Waals surface area contributed by atoms with E-state index in [0.29, 0.717) is 12.0 Å². The van der Waals surface area contributed by atoms with E-state index in [1.807, 2.05) is 18.3 Å². The molecule has 1 unspecified atom stereocenters. The maximum atomic E-state index is 4.72. The molecule has 0 bridgehead atoms. The quantitative estimate of drug-likeness (QED) is 0.937. The lowest BCUT2D eigenvalue weighted by molar-refractivity contribution is 0.377. The van der Waals surface area contributed by atoms with E-state index in [1.165, 1.54) is 12.8 Å². The van der Waals surface area contributed by atoms with Crippen LogP contribution < -0.4 is 10.2 Å². The van der Waals surface area contributed by atoms with Crippen molar-refractivity contribution in [2.24, 2.45) is 5.92 Å². The highest BCUT2D eigenvalue weighted by molar-refractivity contribution is 5.78. The summed E-state index contributed by atoms with van der Waals surface area (Å²) in [5.74, 6) is 1.57. The summed E-state index contributed by atoms with van der Waals surface area (Å²) < 4.78 is 0. The van der Waals surface area contributed by atoms with Gasteiger partial charge in [0.05, 0.1) is 5.52 Å². The van der Waals surface area contributed by atoms with Crippen molar-refractivity contribution >= 4 is 16.9 Å². The van der Waals surface area contributed by atoms with Crippen molar-refractivity contribution in [2.45, 2.75) is 32.7 Å². The molecule has 1 atom stereocenters. The predicted octanol–water partition coefficient (Wildman–Crippen LogP) is 2.84. The Morgan fingerprint density at radius 1 is 1.33 bits per heavy atom. The second kappa shape index (κ2) is 6.39. The molecule has 1 aliphatic heterocycles. The van der Waals surface area contributed by atoms with Crippen LogP contribution in [0.4, 0.5) is 5.95 Å². The Bertz CT molecular complexity index is 596. The SMILES string of the molecule is CC(C)NCC1CCCN(c2ncc3ccccc3n2)C1. The third-order valence-electron chi connectivity index (χ3n) is 4.09. The van der Waals surface area contributed by atoms with Crippen LogP contribution in [0.3, 0.4) is 0 Å². The molecule has 4 nitrogen and oxygen atoms in total. The molecule has 4 heteroatoms. The first-order valence-corrected chi connectivity index (χ1v) is 7.92. The van der Waals surface area contributed by atoms with Crippen LogP contribution in [0, 0.1) is 5.92 Å². The zero-order chi connectivity index (χ0) is 14.7. The van der Waals surface area contributed by atoms with Crippen molar-refractivity contribution in [3.8, 4) is 0 Å². The zero-order valence-electron chi connectivity index (χ0n) is 12.9. The number of aromatic nitrogens is 2. The highest BCUT2D eigenvalue weighted by Crippen LogP contribution is 2.21. The van der Waals surface area contributed by atoms with E-state index in [0.717, 1.165) is 36.5 Å². The lowest BCUT2D eigenvalue weighted by Gasteiger charge is -2.33. The monoisotopic (exact) mass is 284 g/mol. The van der Waals surface area contributed by atoms with Crippen LogP contribution in [0.5, 0.6) is 0 Å². The van der Waals surface area contributed by atoms with Gasteiger partial charge in [0.25, 0.3) is 0 Å². The second-order valence-corrected chi connectivity index (χ2v) is 6.25. The number of benzene rings is 1. The Hall–Kier alpha value is -1.68. The van der Waals surface area contributed by atoms with Crippen molar-refractivity contribution in [3.05, 3.63) is 30.5 Å². The number of rotatable bonds is 4. The molecule has 0 saturated carbocycles. The predicted molar refractivity (Wildman–Crippen MR) is 87.6 cm³/mol. The first-order chi connectivity index (χ1) is 10.2. The van der Waals surface area contributed by atoms with Gasteiger partial charge >= 0.3 is 0 Å². The fourth-order valence-corrected chi connectivity index (χ4v) is 2.93. The van der Waals surface area contributed by atoms with Crippen LogP contribution in [-0.4, -0.2) is 35.6 Å².